The fraction of sp³-hybridized carbons (Fsp3) is 0.750. The molecule has 0 aromatic carbocycles. The molecule has 3 heteroatoms. The van der Waals surface area contributed by atoms with Gasteiger partial charge in [-0.2, -0.15) is 0 Å². The van der Waals surface area contributed by atoms with Crippen molar-refractivity contribution >= 4 is 11.3 Å². The van der Waals surface area contributed by atoms with Crippen molar-refractivity contribution in [3.8, 4) is 0 Å². The summed E-state index contributed by atoms with van der Waals surface area (Å²) in [5.41, 5.74) is 6.27. The van der Waals surface area contributed by atoms with Gasteiger partial charge in [0, 0.05) is 22.3 Å². The first-order valence-corrected chi connectivity index (χ1v) is 8.18. The lowest BCUT2D eigenvalue weighted by molar-refractivity contribution is 0.170. The topological polar surface area (TPSA) is 29.3 Å². The van der Waals surface area contributed by atoms with Crippen molar-refractivity contribution < 1.29 is 0 Å². The van der Waals surface area contributed by atoms with Crippen LogP contribution in [0.3, 0.4) is 0 Å². The van der Waals surface area contributed by atoms with Crippen LogP contribution in [-0.2, 0) is 5.41 Å². The maximum Gasteiger partial charge on any atom is 0.0564 e. The molecule has 1 aromatic heterocycles. The molecule has 110 valence electrons. The van der Waals surface area contributed by atoms with E-state index >= 15 is 0 Å². The molecule has 0 amide bonds. The second-order valence-electron chi connectivity index (χ2n) is 6.34. The van der Waals surface area contributed by atoms with Gasteiger partial charge < -0.3 is 5.73 Å². The van der Waals surface area contributed by atoms with E-state index in [0.717, 1.165) is 0 Å². The molecule has 0 spiro atoms. The Balaban J connectivity index is 2.94. The summed E-state index contributed by atoms with van der Waals surface area (Å²) in [7, 11) is 2.21. The van der Waals surface area contributed by atoms with E-state index in [1.165, 1.54) is 22.6 Å². The highest BCUT2D eigenvalue weighted by atomic mass is 32.1. The zero-order valence-electron chi connectivity index (χ0n) is 13.4. The summed E-state index contributed by atoms with van der Waals surface area (Å²) in [6.07, 6.45) is 2.36. The highest BCUT2D eigenvalue weighted by molar-refractivity contribution is 7.12. The molecule has 0 aliphatic rings. The molecule has 0 aliphatic heterocycles. The molecule has 2 nitrogen and oxygen atoms in total. The SMILES string of the molecule is CCC(CC)N(C)C(CN)c1ccc(C(C)(C)C)s1. The van der Waals surface area contributed by atoms with Crippen molar-refractivity contribution in [2.45, 2.75) is 65.0 Å². The van der Waals surface area contributed by atoms with E-state index in [-0.39, 0.29) is 5.41 Å². The normalized spacial score (nSPS) is 14.4. The third kappa shape index (κ3) is 4.04. The van der Waals surface area contributed by atoms with Gasteiger partial charge >= 0.3 is 0 Å². The molecule has 1 atom stereocenters. The number of hydrogen-bond donors (Lipinski definition) is 1. The Bertz CT molecular complexity index is 374. The summed E-state index contributed by atoms with van der Waals surface area (Å²) in [6, 6.07) is 5.50. The molecule has 0 radical (unpaired) electrons. The van der Waals surface area contributed by atoms with E-state index in [1.54, 1.807) is 0 Å². The molecule has 1 heterocycles. The van der Waals surface area contributed by atoms with E-state index in [9.17, 15) is 0 Å². The number of rotatable bonds is 6. The first-order chi connectivity index (χ1) is 8.85. The summed E-state index contributed by atoms with van der Waals surface area (Å²) in [5.74, 6) is 0. The van der Waals surface area contributed by atoms with Crippen molar-refractivity contribution in [2.75, 3.05) is 13.6 Å². The van der Waals surface area contributed by atoms with E-state index in [4.69, 9.17) is 5.73 Å². The lowest BCUT2D eigenvalue weighted by Gasteiger charge is -2.33. The van der Waals surface area contributed by atoms with Gasteiger partial charge in [0.15, 0.2) is 0 Å². The zero-order valence-corrected chi connectivity index (χ0v) is 14.2. The highest BCUT2D eigenvalue weighted by Gasteiger charge is 2.24. The first kappa shape index (κ1) is 16.7. The Labute approximate surface area is 123 Å². The predicted molar refractivity (Wildman–Crippen MR) is 86.9 cm³/mol. The molecule has 19 heavy (non-hydrogen) atoms. The fourth-order valence-corrected chi connectivity index (χ4v) is 3.77. The van der Waals surface area contributed by atoms with Crippen molar-refractivity contribution in [3.63, 3.8) is 0 Å². The predicted octanol–water partition coefficient (Wildman–Crippen LogP) is 4.17. The maximum atomic E-state index is 6.04. The fourth-order valence-electron chi connectivity index (χ4n) is 2.54. The molecule has 0 saturated heterocycles. The monoisotopic (exact) mass is 282 g/mol. The molecule has 1 aromatic rings. The summed E-state index contributed by atoms with van der Waals surface area (Å²) < 4.78 is 0. The third-order valence-corrected chi connectivity index (χ3v) is 5.54. The van der Waals surface area contributed by atoms with Crippen LogP contribution in [0.2, 0.25) is 0 Å². The Morgan fingerprint density at radius 1 is 1.21 bits per heavy atom. The summed E-state index contributed by atoms with van der Waals surface area (Å²) in [4.78, 5) is 5.30. The number of thiophene rings is 1. The number of nitrogens with zero attached hydrogens (tertiary/aromatic N) is 1. The molecule has 1 rings (SSSR count). The van der Waals surface area contributed by atoms with Gasteiger partial charge in [0.25, 0.3) is 0 Å². The average Bonchev–Trinajstić information content (AvgIpc) is 2.81. The van der Waals surface area contributed by atoms with Crippen LogP contribution in [0.25, 0.3) is 0 Å². The molecule has 2 N–H and O–H groups in total. The highest BCUT2D eigenvalue weighted by Crippen LogP contribution is 2.34. The Hall–Kier alpha value is -0.380. The summed E-state index contributed by atoms with van der Waals surface area (Å²) in [6.45, 7) is 12.0. The van der Waals surface area contributed by atoms with Crippen LogP contribution < -0.4 is 5.73 Å². The number of nitrogens with two attached hydrogens (primary N) is 1. The van der Waals surface area contributed by atoms with Gasteiger partial charge in [-0.1, -0.05) is 34.6 Å². The summed E-state index contributed by atoms with van der Waals surface area (Å²) >= 11 is 1.92. The van der Waals surface area contributed by atoms with Crippen molar-refractivity contribution in [3.05, 3.63) is 21.9 Å². The number of hydrogen-bond acceptors (Lipinski definition) is 3. The van der Waals surface area contributed by atoms with Crippen LogP contribution in [0.5, 0.6) is 0 Å². The minimum Gasteiger partial charge on any atom is -0.329 e. The zero-order chi connectivity index (χ0) is 14.6. The van der Waals surface area contributed by atoms with Gasteiger partial charge in [0.2, 0.25) is 0 Å². The molecular weight excluding hydrogens is 252 g/mol. The first-order valence-electron chi connectivity index (χ1n) is 7.37. The minimum atomic E-state index is 0.232. The largest absolute Gasteiger partial charge is 0.329 e. The van der Waals surface area contributed by atoms with Crippen LogP contribution in [0.4, 0.5) is 0 Å². The molecule has 1 unspecified atom stereocenters. The Morgan fingerprint density at radius 3 is 2.16 bits per heavy atom. The quantitative estimate of drug-likeness (QED) is 0.848. The van der Waals surface area contributed by atoms with Crippen LogP contribution in [-0.4, -0.2) is 24.5 Å². The van der Waals surface area contributed by atoms with Crippen molar-refractivity contribution in [1.82, 2.24) is 4.90 Å². The van der Waals surface area contributed by atoms with Crippen molar-refractivity contribution in [1.29, 1.82) is 0 Å². The van der Waals surface area contributed by atoms with Gasteiger partial charge in [-0.25, -0.2) is 0 Å². The summed E-state index contributed by atoms with van der Waals surface area (Å²) in [5, 5.41) is 0. The molecule has 0 bridgehead atoms. The van der Waals surface area contributed by atoms with Crippen molar-refractivity contribution in [2.24, 2.45) is 5.73 Å². The third-order valence-electron chi connectivity index (χ3n) is 3.93. The molecule has 0 saturated carbocycles. The van der Waals surface area contributed by atoms with Gasteiger partial charge in [-0.15, -0.1) is 11.3 Å². The second kappa shape index (κ2) is 6.87. The smallest absolute Gasteiger partial charge is 0.0564 e. The van der Waals surface area contributed by atoms with E-state index in [1.807, 2.05) is 11.3 Å². The van der Waals surface area contributed by atoms with Crippen LogP contribution in [0, 0.1) is 0 Å². The van der Waals surface area contributed by atoms with Crippen LogP contribution >= 0.6 is 11.3 Å². The average molecular weight is 282 g/mol. The Morgan fingerprint density at radius 2 is 1.79 bits per heavy atom. The lowest BCUT2D eigenvalue weighted by atomic mass is 9.95. The van der Waals surface area contributed by atoms with Crippen LogP contribution in [0.15, 0.2) is 12.1 Å². The molecular formula is C16H30N2S. The number of likely N-dealkylation sites (N-methyl/N-ethyl adjacent to an activating group) is 1. The minimum absolute atomic E-state index is 0.232. The Kier molecular flexibility index (Phi) is 6.03. The molecule has 0 fully saturated rings. The van der Waals surface area contributed by atoms with Gasteiger partial charge in [0.1, 0.15) is 0 Å². The van der Waals surface area contributed by atoms with E-state index < -0.39 is 0 Å². The maximum absolute atomic E-state index is 6.04. The van der Waals surface area contributed by atoms with Crippen LogP contribution in [0.1, 0.15) is 63.3 Å². The van der Waals surface area contributed by atoms with E-state index in [2.05, 4.69) is 58.7 Å². The van der Waals surface area contributed by atoms with Gasteiger partial charge in [-0.05, 0) is 37.4 Å². The van der Waals surface area contributed by atoms with E-state index in [0.29, 0.717) is 18.6 Å². The standard InChI is InChI=1S/C16H30N2S/c1-7-12(8-2)18(6)13(11-17)14-9-10-15(19-14)16(3,4)5/h9-10,12-13H,7-8,11,17H2,1-6H3. The second-order valence-corrected chi connectivity index (χ2v) is 7.45. The molecule has 0 aliphatic carbocycles. The van der Waals surface area contributed by atoms with Gasteiger partial charge in [-0.3, -0.25) is 4.90 Å². The van der Waals surface area contributed by atoms with Gasteiger partial charge in [0.05, 0.1) is 6.04 Å². The lowest BCUT2D eigenvalue weighted by Crippen LogP contribution is -2.37.